The monoisotopic (exact) mass is 424 g/mol. The number of hydrogen-bond acceptors (Lipinski definition) is 8. The van der Waals surface area contributed by atoms with Crippen molar-refractivity contribution in [1.29, 1.82) is 0 Å². The first-order chi connectivity index (χ1) is 14.0. The van der Waals surface area contributed by atoms with Crippen molar-refractivity contribution in [3.63, 3.8) is 0 Å². The van der Waals surface area contributed by atoms with Crippen molar-refractivity contribution in [3.05, 3.63) is 12.2 Å². The number of esters is 2. The van der Waals surface area contributed by atoms with Crippen LogP contribution in [0.1, 0.15) is 59.3 Å². The van der Waals surface area contributed by atoms with E-state index in [4.69, 9.17) is 19.2 Å². The predicted molar refractivity (Wildman–Crippen MR) is 104 cm³/mol. The summed E-state index contributed by atoms with van der Waals surface area (Å²) in [5.74, 6) is -1.01. The zero-order valence-corrected chi connectivity index (χ0v) is 17.9. The van der Waals surface area contributed by atoms with Gasteiger partial charge in [0, 0.05) is 23.7 Å². The summed E-state index contributed by atoms with van der Waals surface area (Å²) in [5, 5.41) is 22.0. The van der Waals surface area contributed by atoms with Crippen molar-refractivity contribution in [2.24, 2.45) is 16.7 Å². The van der Waals surface area contributed by atoms with Crippen molar-refractivity contribution in [3.8, 4) is 0 Å². The number of carbonyl (C=O) groups is 2. The summed E-state index contributed by atoms with van der Waals surface area (Å²) in [6.07, 6.45) is 1.01. The maximum absolute atomic E-state index is 11.7. The molecule has 0 amide bonds. The molecule has 4 rings (SSSR count). The third kappa shape index (κ3) is 3.11. The number of aliphatic hydroxyl groups excluding tert-OH is 2. The minimum Gasteiger partial charge on any atom is -0.465 e. The topological polar surface area (TPSA) is 112 Å². The molecule has 8 nitrogen and oxygen atoms in total. The number of fused-ring (bicyclic) bond motifs is 2. The molecule has 2 saturated heterocycles. The third-order valence-corrected chi connectivity index (χ3v) is 7.99. The minimum atomic E-state index is -0.924. The normalized spacial score (nSPS) is 48.5. The lowest BCUT2D eigenvalue weighted by Gasteiger charge is -2.65. The molecule has 2 spiro atoms. The van der Waals surface area contributed by atoms with Crippen LogP contribution < -0.4 is 0 Å². The van der Waals surface area contributed by atoms with Crippen LogP contribution in [0.2, 0.25) is 0 Å². The molecular weight excluding hydrogens is 392 g/mol. The molecule has 4 aliphatic rings. The lowest BCUT2D eigenvalue weighted by Crippen LogP contribution is -2.69. The van der Waals surface area contributed by atoms with E-state index < -0.39 is 40.2 Å². The van der Waals surface area contributed by atoms with Gasteiger partial charge in [0.2, 0.25) is 0 Å². The van der Waals surface area contributed by atoms with E-state index in [0.29, 0.717) is 32.1 Å². The quantitative estimate of drug-likeness (QED) is 0.392. The fourth-order valence-electron chi connectivity index (χ4n) is 6.84. The zero-order chi connectivity index (χ0) is 21.9. The van der Waals surface area contributed by atoms with Crippen LogP contribution in [0.25, 0.3) is 0 Å². The molecule has 0 aromatic rings. The highest BCUT2D eigenvalue weighted by molar-refractivity contribution is 5.73. The van der Waals surface area contributed by atoms with E-state index in [1.807, 2.05) is 13.8 Å². The van der Waals surface area contributed by atoms with Gasteiger partial charge in [-0.25, -0.2) is 9.78 Å². The van der Waals surface area contributed by atoms with Crippen LogP contribution in [0.4, 0.5) is 0 Å². The molecule has 2 heterocycles. The average molecular weight is 424 g/mol. The van der Waals surface area contributed by atoms with Crippen molar-refractivity contribution < 1.29 is 39.1 Å². The zero-order valence-electron chi connectivity index (χ0n) is 17.9. The van der Waals surface area contributed by atoms with Crippen LogP contribution in [0.3, 0.4) is 0 Å². The Kier molecular flexibility index (Phi) is 5.09. The standard InChI is InChI=1S/C22H32O8/c1-13-7-16(25)18-19(3,11-27-14(2)23)8-15(24)9-20(18,4)22(13)6-5-21(29-30-22)10-17(26)28-12-21/h15-16,18,24-25H,1,5-12H2,2-4H3/t15-,16-,18+,19+,20-,21-,22+/m0/s1. The number of hydrogen-bond donors (Lipinski definition) is 2. The number of ether oxygens (including phenoxy) is 2. The van der Waals surface area contributed by atoms with Crippen LogP contribution in [-0.4, -0.2) is 58.8 Å². The van der Waals surface area contributed by atoms with Crippen molar-refractivity contribution in [2.75, 3.05) is 13.2 Å². The first-order valence-corrected chi connectivity index (χ1v) is 10.7. The molecule has 0 aromatic carbocycles. The Hall–Kier alpha value is -1.48. The molecule has 2 aliphatic heterocycles. The summed E-state index contributed by atoms with van der Waals surface area (Å²) in [6, 6.07) is 0. The molecule has 4 fully saturated rings. The van der Waals surface area contributed by atoms with Gasteiger partial charge in [-0.15, -0.1) is 0 Å². The molecule has 168 valence electrons. The Bertz CT molecular complexity index is 754. The van der Waals surface area contributed by atoms with Crippen LogP contribution in [0.15, 0.2) is 12.2 Å². The highest BCUT2D eigenvalue weighted by atomic mass is 17.2. The maximum atomic E-state index is 11.7. The van der Waals surface area contributed by atoms with Gasteiger partial charge in [-0.1, -0.05) is 20.4 Å². The van der Waals surface area contributed by atoms with Gasteiger partial charge in [0.05, 0.1) is 25.2 Å². The molecule has 0 radical (unpaired) electrons. The van der Waals surface area contributed by atoms with Gasteiger partial charge < -0.3 is 19.7 Å². The molecule has 2 saturated carbocycles. The Labute approximate surface area is 176 Å². The number of cyclic esters (lactones) is 1. The summed E-state index contributed by atoms with van der Waals surface area (Å²) in [4.78, 5) is 35.1. The van der Waals surface area contributed by atoms with Gasteiger partial charge in [0.25, 0.3) is 0 Å². The summed E-state index contributed by atoms with van der Waals surface area (Å²) in [7, 11) is 0. The number of carbonyl (C=O) groups excluding carboxylic acids is 2. The lowest BCUT2D eigenvalue weighted by atomic mass is 9.43. The summed E-state index contributed by atoms with van der Waals surface area (Å²) >= 11 is 0. The largest absolute Gasteiger partial charge is 0.465 e. The predicted octanol–water partition coefficient (Wildman–Crippen LogP) is 1.82. The van der Waals surface area contributed by atoms with Gasteiger partial charge in [0.1, 0.15) is 17.8 Å². The summed E-state index contributed by atoms with van der Waals surface area (Å²) in [6.45, 7) is 9.78. The summed E-state index contributed by atoms with van der Waals surface area (Å²) < 4.78 is 10.5. The van der Waals surface area contributed by atoms with E-state index in [9.17, 15) is 19.8 Å². The van der Waals surface area contributed by atoms with Crippen LogP contribution in [-0.2, 0) is 28.8 Å². The molecular formula is C22H32O8. The lowest BCUT2D eigenvalue weighted by molar-refractivity contribution is -0.461. The number of aliphatic hydroxyl groups is 2. The minimum absolute atomic E-state index is 0.104. The maximum Gasteiger partial charge on any atom is 0.309 e. The second kappa shape index (κ2) is 7.02. The first-order valence-electron chi connectivity index (χ1n) is 10.7. The number of rotatable bonds is 2. The Morgan fingerprint density at radius 1 is 1.23 bits per heavy atom. The van der Waals surface area contributed by atoms with E-state index >= 15 is 0 Å². The third-order valence-electron chi connectivity index (χ3n) is 7.99. The Morgan fingerprint density at radius 2 is 1.97 bits per heavy atom. The average Bonchev–Trinajstić information content (AvgIpc) is 2.99. The molecule has 2 N–H and O–H groups in total. The van der Waals surface area contributed by atoms with E-state index in [1.165, 1.54) is 6.92 Å². The van der Waals surface area contributed by atoms with Gasteiger partial charge in [-0.05, 0) is 37.7 Å². The molecule has 0 bridgehead atoms. The fraction of sp³-hybridized carbons (Fsp3) is 0.818. The second-order valence-electron chi connectivity index (χ2n) is 10.3. The molecule has 0 unspecified atom stereocenters. The van der Waals surface area contributed by atoms with Crippen molar-refractivity contribution in [2.45, 2.75) is 82.7 Å². The van der Waals surface area contributed by atoms with E-state index in [0.717, 1.165) is 5.57 Å². The van der Waals surface area contributed by atoms with Crippen molar-refractivity contribution >= 4 is 11.9 Å². The fourth-order valence-corrected chi connectivity index (χ4v) is 6.84. The van der Waals surface area contributed by atoms with Gasteiger partial charge in [-0.2, -0.15) is 0 Å². The SMILES string of the molecule is C=C1C[C@H](O)[C@@H]2[C@@](C)(COC(C)=O)C[C@H](O)C[C@]2(C)[C@@]12CC[C@]1(COC(=O)C1)OO2. The highest BCUT2D eigenvalue weighted by Gasteiger charge is 2.69. The molecule has 30 heavy (non-hydrogen) atoms. The molecule has 8 heteroatoms. The van der Waals surface area contributed by atoms with Gasteiger partial charge in [0.15, 0.2) is 0 Å². The van der Waals surface area contributed by atoms with E-state index in [-0.39, 0.29) is 31.5 Å². The molecule has 2 aliphatic carbocycles. The molecule has 0 aromatic heterocycles. The highest BCUT2D eigenvalue weighted by Crippen LogP contribution is 2.66. The van der Waals surface area contributed by atoms with Crippen LogP contribution in [0, 0.1) is 16.7 Å². The van der Waals surface area contributed by atoms with E-state index in [1.54, 1.807) is 0 Å². The Morgan fingerprint density at radius 3 is 2.53 bits per heavy atom. The Balaban J connectivity index is 1.69. The first kappa shape index (κ1) is 21.7. The van der Waals surface area contributed by atoms with E-state index in [2.05, 4.69) is 6.58 Å². The summed E-state index contributed by atoms with van der Waals surface area (Å²) in [5.41, 5.74) is -2.35. The van der Waals surface area contributed by atoms with Gasteiger partial charge in [-0.3, -0.25) is 9.59 Å². The molecule has 7 atom stereocenters. The van der Waals surface area contributed by atoms with Crippen molar-refractivity contribution in [1.82, 2.24) is 0 Å². The van der Waals surface area contributed by atoms with Gasteiger partial charge >= 0.3 is 11.9 Å². The van der Waals surface area contributed by atoms with Crippen LogP contribution >= 0.6 is 0 Å². The smallest absolute Gasteiger partial charge is 0.309 e. The van der Waals surface area contributed by atoms with Crippen LogP contribution in [0.5, 0.6) is 0 Å². The second-order valence-corrected chi connectivity index (χ2v) is 10.3.